The summed E-state index contributed by atoms with van der Waals surface area (Å²) in [5.74, 6) is -0.360. The van der Waals surface area contributed by atoms with Gasteiger partial charge < -0.3 is 9.88 Å². The van der Waals surface area contributed by atoms with Gasteiger partial charge in [0.2, 0.25) is 5.91 Å². The molecule has 6 nitrogen and oxygen atoms in total. The number of anilines is 1. The second-order valence-electron chi connectivity index (χ2n) is 8.26. The molecule has 2 heterocycles. The number of amides is 1. The van der Waals surface area contributed by atoms with Crippen molar-refractivity contribution < 1.29 is 13.6 Å². The maximum absolute atomic E-state index is 13.7. The van der Waals surface area contributed by atoms with Gasteiger partial charge in [0.25, 0.3) is 0 Å². The largest absolute Gasteiger partial charge is 0.327 e. The summed E-state index contributed by atoms with van der Waals surface area (Å²) in [6.45, 7) is 1.93. The fourth-order valence-electron chi connectivity index (χ4n) is 5.09. The van der Waals surface area contributed by atoms with Gasteiger partial charge in [-0.05, 0) is 42.7 Å². The van der Waals surface area contributed by atoms with E-state index < -0.39 is 11.6 Å². The smallest absolute Gasteiger partial charge is 0.228 e. The van der Waals surface area contributed by atoms with Crippen LogP contribution in [0.15, 0.2) is 36.8 Å². The molecule has 3 unspecified atom stereocenters. The van der Waals surface area contributed by atoms with Crippen LogP contribution in [0.25, 0.3) is 11.0 Å². The lowest BCUT2D eigenvalue weighted by Gasteiger charge is -2.19. The molecular formula is C22H19F2N5O. The van der Waals surface area contributed by atoms with Crippen LogP contribution < -0.4 is 5.32 Å². The molecule has 2 saturated carbocycles. The topological polar surface area (TPSA) is 83.6 Å². The molecule has 0 spiro atoms. The zero-order chi connectivity index (χ0) is 21.0. The number of benzene rings is 1. The van der Waals surface area contributed by atoms with Gasteiger partial charge in [-0.1, -0.05) is 6.92 Å². The van der Waals surface area contributed by atoms with E-state index in [0.717, 1.165) is 18.9 Å². The molecule has 5 atom stereocenters. The SMILES string of the molecule is CC(C(=O)Nc1ccc(C#N)cn1)C1[C@H]2CC(n3cnc4cc(F)c(F)cc43)C[C@@H]12. The normalized spacial score (nSPS) is 25.5. The van der Waals surface area contributed by atoms with Crippen LogP contribution in [0.3, 0.4) is 0 Å². The van der Waals surface area contributed by atoms with Crippen LogP contribution in [0.5, 0.6) is 0 Å². The minimum Gasteiger partial charge on any atom is -0.327 e. The second kappa shape index (κ2) is 6.87. The molecule has 2 aromatic heterocycles. The van der Waals surface area contributed by atoms with Crippen molar-refractivity contribution in [2.24, 2.45) is 23.7 Å². The molecule has 3 aromatic rings. The van der Waals surface area contributed by atoms with E-state index in [1.54, 1.807) is 18.5 Å². The molecule has 0 saturated heterocycles. The Morgan fingerprint density at radius 2 is 1.97 bits per heavy atom. The third-order valence-corrected chi connectivity index (χ3v) is 6.63. The first-order chi connectivity index (χ1) is 14.5. The number of aromatic nitrogens is 3. The standard InChI is InChI=1S/C22H19F2N5O/c1-11(22(30)28-20-3-2-12(8-25)9-26-20)21-14-4-13(5-15(14)21)29-10-27-18-6-16(23)17(24)7-19(18)29/h2-3,6-7,9-11,13-15,21H,4-5H2,1H3,(H,26,28,30)/t11?,13?,14-,15+,21?. The van der Waals surface area contributed by atoms with Crippen molar-refractivity contribution in [3.63, 3.8) is 0 Å². The van der Waals surface area contributed by atoms with Crippen LogP contribution in [0, 0.1) is 46.6 Å². The van der Waals surface area contributed by atoms with Crippen LogP contribution in [0.4, 0.5) is 14.6 Å². The third kappa shape index (κ3) is 3.02. The van der Waals surface area contributed by atoms with Crippen molar-refractivity contribution in [3.05, 3.63) is 54.0 Å². The van der Waals surface area contributed by atoms with Crippen LogP contribution in [0.1, 0.15) is 31.4 Å². The highest BCUT2D eigenvalue weighted by molar-refractivity contribution is 5.92. The van der Waals surface area contributed by atoms with Gasteiger partial charge in [0.15, 0.2) is 11.6 Å². The number of nitrogens with zero attached hydrogens (tertiary/aromatic N) is 4. The number of fused-ring (bicyclic) bond motifs is 2. The highest BCUT2D eigenvalue weighted by Crippen LogP contribution is 2.64. The molecule has 152 valence electrons. The van der Waals surface area contributed by atoms with E-state index >= 15 is 0 Å². The lowest BCUT2D eigenvalue weighted by Crippen LogP contribution is -2.24. The van der Waals surface area contributed by atoms with E-state index in [-0.39, 0.29) is 17.9 Å². The van der Waals surface area contributed by atoms with Gasteiger partial charge in [-0.15, -0.1) is 0 Å². The average Bonchev–Trinajstić information content (AvgIpc) is 3.05. The molecule has 1 amide bonds. The van der Waals surface area contributed by atoms with Gasteiger partial charge in [0.1, 0.15) is 11.9 Å². The van der Waals surface area contributed by atoms with Gasteiger partial charge in [0, 0.05) is 30.3 Å². The molecule has 8 heteroatoms. The molecule has 0 bridgehead atoms. The summed E-state index contributed by atoms with van der Waals surface area (Å²) >= 11 is 0. The minimum atomic E-state index is -0.890. The first-order valence-corrected chi connectivity index (χ1v) is 9.95. The average molecular weight is 407 g/mol. The molecule has 0 radical (unpaired) electrons. The van der Waals surface area contributed by atoms with Crippen molar-refractivity contribution in [2.45, 2.75) is 25.8 Å². The maximum atomic E-state index is 13.7. The molecule has 2 aliphatic carbocycles. The summed E-state index contributed by atoms with van der Waals surface area (Å²) in [4.78, 5) is 20.9. The van der Waals surface area contributed by atoms with Crippen LogP contribution >= 0.6 is 0 Å². The lowest BCUT2D eigenvalue weighted by molar-refractivity contribution is -0.120. The van der Waals surface area contributed by atoms with Gasteiger partial charge in [-0.3, -0.25) is 4.79 Å². The third-order valence-electron chi connectivity index (χ3n) is 6.63. The summed E-state index contributed by atoms with van der Waals surface area (Å²) in [6, 6.07) is 7.76. The first kappa shape index (κ1) is 18.7. The van der Waals surface area contributed by atoms with E-state index in [1.807, 2.05) is 17.6 Å². The number of carbonyl (C=O) groups is 1. The zero-order valence-corrected chi connectivity index (χ0v) is 16.2. The molecule has 2 aliphatic rings. The summed E-state index contributed by atoms with van der Waals surface area (Å²) in [5.41, 5.74) is 1.50. The zero-order valence-electron chi connectivity index (χ0n) is 16.2. The molecule has 5 rings (SSSR count). The van der Waals surface area contributed by atoms with Gasteiger partial charge >= 0.3 is 0 Å². The van der Waals surface area contributed by atoms with E-state index in [2.05, 4.69) is 15.3 Å². The van der Waals surface area contributed by atoms with Crippen molar-refractivity contribution in [1.29, 1.82) is 5.26 Å². The fourth-order valence-corrected chi connectivity index (χ4v) is 5.09. The van der Waals surface area contributed by atoms with E-state index in [9.17, 15) is 13.6 Å². The summed E-state index contributed by atoms with van der Waals surface area (Å²) in [6.07, 6.45) is 4.88. The van der Waals surface area contributed by atoms with Crippen molar-refractivity contribution in [2.75, 3.05) is 5.32 Å². The van der Waals surface area contributed by atoms with Crippen molar-refractivity contribution >= 4 is 22.8 Å². The number of nitrogens with one attached hydrogen (secondary N) is 1. The first-order valence-electron chi connectivity index (χ1n) is 9.95. The quantitative estimate of drug-likeness (QED) is 0.707. The predicted octanol–water partition coefficient (Wildman–Crippen LogP) is 4.05. The fraction of sp³-hybridized carbons (Fsp3) is 0.364. The highest BCUT2D eigenvalue weighted by atomic mass is 19.2. The lowest BCUT2D eigenvalue weighted by atomic mass is 9.96. The van der Waals surface area contributed by atoms with Crippen LogP contribution in [0.2, 0.25) is 0 Å². The number of rotatable bonds is 4. The Morgan fingerprint density at radius 1 is 1.23 bits per heavy atom. The Kier molecular flexibility index (Phi) is 4.28. The molecule has 1 N–H and O–H groups in total. The van der Waals surface area contributed by atoms with Gasteiger partial charge in [-0.2, -0.15) is 5.26 Å². The number of halogens is 2. The Bertz CT molecular complexity index is 1170. The van der Waals surface area contributed by atoms with E-state index in [0.29, 0.717) is 40.2 Å². The van der Waals surface area contributed by atoms with E-state index in [1.165, 1.54) is 12.3 Å². The number of nitriles is 1. The maximum Gasteiger partial charge on any atom is 0.228 e. The summed E-state index contributed by atoms with van der Waals surface area (Å²) < 4.78 is 29.0. The van der Waals surface area contributed by atoms with Crippen molar-refractivity contribution in [1.82, 2.24) is 14.5 Å². The van der Waals surface area contributed by atoms with Gasteiger partial charge in [-0.25, -0.2) is 18.7 Å². The van der Waals surface area contributed by atoms with E-state index in [4.69, 9.17) is 5.26 Å². The molecule has 0 aliphatic heterocycles. The number of hydrogen-bond acceptors (Lipinski definition) is 4. The predicted molar refractivity (Wildman–Crippen MR) is 105 cm³/mol. The Hall–Kier alpha value is -3.34. The molecule has 1 aromatic carbocycles. The summed E-state index contributed by atoms with van der Waals surface area (Å²) in [7, 11) is 0. The second-order valence-corrected chi connectivity index (χ2v) is 8.26. The minimum absolute atomic E-state index is 0.0752. The van der Waals surface area contributed by atoms with Gasteiger partial charge in [0.05, 0.1) is 22.9 Å². The number of carbonyl (C=O) groups excluding carboxylic acids is 1. The van der Waals surface area contributed by atoms with Crippen LogP contribution in [-0.4, -0.2) is 20.4 Å². The number of hydrogen-bond donors (Lipinski definition) is 1. The molecule has 2 fully saturated rings. The molecule has 30 heavy (non-hydrogen) atoms. The Balaban J connectivity index is 1.23. The van der Waals surface area contributed by atoms with Crippen LogP contribution in [-0.2, 0) is 4.79 Å². The summed E-state index contributed by atoms with van der Waals surface area (Å²) in [5, 5.41) is 11.7. The number of pyridine rings is 1. The van der Waals surface area contributed by atoms with Crippen molar-refractivity contribution in [3.8, 4) is 6.07 Å². The highest BCUT2D eigenvalue weighted by Gasteiger charge is 2.59. The monoisotopic (exact) mass is 407 g/mol. The Morgan fingerprint density at radius 3 is 2.63 bits per heavy atom. The Labute approximate surface area is 171 Å². The molecular weight excluding hydrogens is 388 g/mol. The number of imidazole rings is 1.